The zero-order valence-corrected chi connectivity index (χ0v) is 28.8. The van der Waals surface area contributed by atoms with Crippen molar-refractivity contribution in [3.05, 3.63) is 130 Å². The van der Waals surface area contributed by atoms with Gasteiger partial charge in [-0.25, -0.2) is 4.39 Å². The Labute approximate surface area is 300 Å². The van der Waals surface area contributed by atoms with Crippen molar-refractivity contribution >= 4 is 0 Å². The Kier molecular flexibility index (Phi) is 10.6. The molecule has 9 heteroatoms. The first-order chi connectivity index (χ1) is 24.9. The number of benzene rings is 4. The van der Waals surface area contributed by atoms with Crippen LogP contribution in [0.4, 0.5) is 4.39 Å². The number of piperidine rings is 2. The van der Waals surface area contributed by atoms with Gasteiger partial charge in [-0.3, -0.25) is 9.80 Å². The number of fused-ring (bicyclic) bond motifs is 2. The molecular weight excluding hydrogens is 640 g/mol. The SMILES string of the molecule is N#Cc1ccc(O[C@@H]2c3ccccc3C[C@H]2N2CCC[C@H](N)C2)cc1.N#Cc1ccc(O[C@@H]2c3ccccc3C[C@H]2N2CCC[C@H](N)C2)cc1F. The van der Waals surface area contributed by atoms with Crippen molar-refractivity contribution in [1.82, 2.24) is 9.80 Å². The molecule has 6 atom stereocenters. The minimum atomic E-state index is -0.548. The highest BCUT2D eigenvalue weighted by molar-refractivity contribution is 5.41. The first-order valence-corrected chi connectivity index (χ1v) is 18.1. The van der Waals surface area contributed by atoms with Gasteiger partial charge < -0.3 is 20.9 Å². The van der Waals surface area contributed by atoms with Crippen LogP contribution in [0, 0.1) is 28.5 Å². The van der Waals surface area contributed by atoms with E-state index in [1.807, 2.05) is 42.5 Å². The van der Waals surface area contributed by atoms with Gasteiger partial charge in [0.05, 0.1) is 29.3 Å². The molecule has 2 aliphatic heterocycles. The lowest BCUT2D eigenvalue weighted by atomic mass is 10.0. The summed E-state index contributed by atoms with van der Waals surface area (Å²) in [5.41, 5.74) is 18.1. The second-order valence-electron chi connectivity index (χ2n) is 14.2. The first-order valence-electron chi connectivity index (χ1n) is 18.1. The minimum absolute atomic E-state index is 0.00874. The number of rotatable bonds is 6. The van der Waals surface area contributed by atoms with E-state index in [2.05, 4.69) is 52.3 Å². The number of halogens is 1. The standard InChI is InChI=1S/C21H22FN3O.C21H23N3O/c22-19-11-17(8-7-15(19)12-23)26-21-18-6-2-1-4-14(18)10-20(21)25-9-3-5-16(24)13-25;22-13-15-7-9-18(10-8-15)25-21-19-6-2-1-4-16(19)12-20(21)24-11-3-5-17(23)14-24/h1-2,4,6-8,11,16,20-21H,3,5,9-10,13,24H2;1-2,4,6-10,17,20-21H,3,5,11-12,14,23H2/t16-,20+,21+;17-,20+,21+/m00/s1. The number of nitriles is 2. The second kappa shape index (κ2) is 15.6. The fraction of sp³-hybridized carbons (Fsp3) is 0.381. The van der Waals surface area contributed by atoms with Crippen molar-refractivity contribution in [2.75, 3.05) is 26.2 Å². The molecule has 4 aromatic rings. The van der Waals surface area contributed by atoms with E-state index < -0.39 is 5.82 Å². The van der Waals surface area contributed by atoms with E-state index in [0.29, 0.717) is 17.4 Å². The summed E-state index contributed by atoms with van der Waals surface area (Å²) in [7, 11) is 0. The van der Waals surface area contributed by atoms with Gasteiger partial charge in [0.1, 0.15) is 35.6 Å². The summed E-state index contributed by atoms with van der Waals surface area (Å²) in [5.74, 6) is 0.717. The van der Waals surface area contributed by atoms with Crippen LogP contribution in [0.15, 0.2) is 91.0 Å². The van der Waals surface area contributed by atoms with Crippen LogP contribution >= 0.6 is 0 Å². The zero-order valence-electron chi connectivity index (χ0n) is 28.8. The molecule has 0 spiro atoms. The van der Waals surface area contributed by atoms with Gasteiger partial charge >= 0.3 is 0 Å². The second-order valence-corrected chi connectivity index (χ2v) is 14.2. The molecule has 262 valence electrons. The molecular formula is C42H45FN6O2. The van der Waals surface area contributed by atoms with Crippen molar-refractivity contribution < 1.29 is 13.9 Å². The van der Waals surface area contributed by atoms with E-state index in [1.165, 1.54) is 28.8 Å². The highest BCUT2D eigenvalue weighted by Crippen LogP contribution is 2.40. The Morgan fingerprint density at radius 1 is 0.647 bits per heavy atom. The van der Waals surface area contributed by atoms with Crippen molar-refractivity contribution in [1.29, 1.82) is 10.5 Å². The molecule has 4 aliphatic rings. The van der Waals surface area contributed by atoms with E-state index >= 15 is 0 Å². The Bertz CT molecular complexity index is 1900. The smallest absolute Gasteiger partial charge is 0.144 e. The Balaban J connectivity index is 0.000000159. The number of ether oxygens (including phenoxy) is 2. The largest absolute Gasteiger partial charge is 0.484 e. The highest BCUT2D eigenvalue weighted by Gasteiger charge is 2.40. The number of nitrogens with two attached hydrogens (primary N) is 2. The number of hydrogen-bond donors (Lipinski definition) is 2. The lowest BCUT2D eigenvalue weighted by Crippen LogP contribution is -2.49. The topological polar surface area (TPSA) is 125 Å². The van der Waals surface area contributed by atoms with Crippen molar-refractivity contribution in [2.24, 2.45) is 11.5 Å². The Hall–Kier alpha value is -4.77. The van der Waals surface area contributed by atoms with Crippen LogP contribution in [0.5, 0.6) is 11.5 Å². The molecule has 0 unspecified atom stereocenters. The van der Waals surface area contributed by atoms with Crippen molar-refractivity contribution in [2.45, 2.75) is 74.9 Å². The Morgan fingerprint density at radius 3 is 1.65 bits per heavy atom. The van der Waals surface area contributed by atoms with Gasteiger partial charge in [-0.1, -0.05) is 48.5 Å². The van der Waals surface area contributed by atoms with Gasteiger partial charge in [0, 0.05) is 31.2 Å². The van der Waals surface area contributed by atoms with Gasteiger partial charge in [-0.2, -0.15) is 10.5 Å². The van der Waals surface area contributed by atoms with Gasteiger partial charge in [-0.05, 0) is 110 Å². The molecule has 8 nitrogen and oxygen atoms in total. The van der Waals surface area contributed by atoms with E-state index in [0.717, 1.165) is 76.0 Å². The maximum atomic E-state index is 14.0. The van der Waals surface area contributed by atoms with Gasteiger partial charge in [0.25, 0.3) is 0 Å². The molecule has 0 aromatic heterocycles. The zero-order chi connectivity index (χ0) is 35.3. The van der Waals surface area contributed by atoms with Crippen LogP contribution in [-0.2, 0) is 12.8 Å². The fourth-order valence-electron chi connectivity index (χ4n) is 8.24. The molecule has 2 fully saturated rings. The molecule has 4 aromatic carbocycles. The van der Waals surface area contributed by atoms with Crippen LogP contribution in [-0.4, -0.2) is 60.1 Å². The average molecular weight is 685 g/mol. The molecule has 2 aliphatic carbocycles. The number of nitrogens with zero attached hydrogens (tertiary/aromatic N) is 4. The van der Waals surface area contributed by atoms with Gasteiger partial charge in [0.2, 0.25) is 0 Å². The molecule has 2 saturated heterocycles. The summed E-state index contributed by atoms with van der Waals surface area (Å²) in [6.07, 6.45) is 6.16. The third-order valence-electron chi connectivity index (χ3n) is 10.8. The summed E-state index contributed by atoms with van der Waals surface area (Å²) in [6.45, 7) is 3.89. The number of hydrogen-bond acceptors (Lipinski definition) is 8. The lowest BCUT2D eigenvalue weighted by molar-refractivity contribution is 0.0591. The minimum Gasteiger partial charge on any atom is -0.484 e. The van der Waals surface area contributed by atoms with Crippen LogP contribution in [0.25, 0.3) is 0 Å². The maximum absolute atomic E-state index is 14.0. The predicted molar refractivity (Wildman–Crippen MR) is 194 cm³/mol. The maximum Gasteiger partial charge on any atom is 0.144 e. The number of likely N-dealkylation sites (tertiary alicyclic amines) is 2. The van der Waals surface area contributed by atoms with Gasteiger partial charge in [0.15, 0.2) is 0 Å². The van der Waals surface area contributed by atoms with Crippen LogP contribution in [0.3, 0.4) is 0 Å². The molecule has 4 N–H and O–H groups in total. The van der Waals surface area contributed by atoms with E-state index in [-0.39, 0.29) is 35.9 Å². The summed E-state index contributed by atoms with van der Waals surface area (Å²) in [6, 6.07) is 33.6. The molecule has 0 saturated carbocycles. The molecule has 0 amide bonds. The predicted octanol–water partition coefficient (Wildman–Crippen LogP) is 6.19. The molecule has 51 heavy (non-hydrogen) atoms. The molecule has 8 rings (SSSR count). The highest BCUT2D eigenvalue weighted by atomic mass is 19.1. The normalized spacial score (nSPS) is 25.7. The van der Waals surface area contributed by atoms with Gasteiger partial charge in [-0.15, -0.1) is 0 Å². The summed E-state index contributed by atoms with van der Waals surface area (Å²) in [5, 5.41) is 17.9. The monoisotopic (exact) mass is 684 g/mol. The summed E-state index contributed by atoms with van der Waals surface area (Å²) in [4.78, 5) is 4.92. The molecule has 0 bridgehead atoms. The molecule has 0 radical (unpaired) electrons. The average Bonchev–Trinajstić information content (AvgIpc) is 3.71. The van der Waals surface area contributed by atoms with Crippen LogP contribution < -0.4 is 20.9 Å². The first kappa shape index (κ1) is 34.7. The lowest BCUT2D eigenvalue weighted by Gasteiger charge is -2.38. The third-order valence-corrected chi connectivity index (χ3v) is 10.8. The van der Waals surface area contributed by atoms with E-state index in [4.69, 9.17) is 31.5 Å². The quantitative estimate of drug-likeness (QED) is 0.247. The van der Waals surface area contributed by atoms with E-state index in [9.17, 15) is 4.39 Å². The summed E-state index contributed by atoms with van der Waals surface area (Å²) >= 11 is 0. The van der Waals surface area contributed by atoms with Crippen molar-refractivity contribution in [3.63, 3.8) is 0 Å². The van der Waals surface area contributed by atoms with Crippen LogP contribution in [0.1, 0.15) is 71.3 Å². The summed E-state index contributed by atoms with van der Waals surface area (Å²) < 4.78 is 26.7. The van der Waals surface area contributed by atoms with E-state index in [1.54, 1.807) is 6.07 Å². The Morgan fingerprint density at radius 2 is 1.16 bits per heavy atom. The molecule has 2 heterocycles. The fourth-order valence-corrected chi connectivity index (χ4v) is 8.24. The van der Waals surface area contributed by atoms with Crippen molar-refractivity contribution in [3.8, 4) is 23.6 Å². The van der Waals surface area contributed by atoms with Crippen LogP contribution in [0.2, 0.25) is 0 Å². The third kappa shape index (κ3) is 7.78.